The Balaban J connectivity index is 1.62. The van der Waals surface area contributed by atoms with E-state index in [4.69, 9.17) is 4.74 Å². The smallest absolute Gasteiger partial charge is 0.458 e. The lowest BCUT2D eigenvalue weighted by Gasteiger charge is -2.22. The molecule has 1 aliphatic rings. The normalized spacial score (nSPS) is 19.0. The van der Waals surface area contributed by atoms with Crippen molar-refractivity contribution in [2.75, 3.05) is 7.11 Å². The summed E-state index contributed by atoms with van der Waals surface area (Å²) in [5.74, 6) is -3.17. The van der Waals surface area contributed by atoms with E-state index in [9.17, 15) is 23.1 Å². The largest absolute Gasteiger partial charge is 0.496 e. The van der Waals surface area contributed by atoms with Crippen LogP contribution in [-0.4, -0.2) is 35.8 Å². The maximum atomic E-state index is 12.8. The Hall–Kier alpha value is -3.07. The van der Waals surface area contributed by atoms with Crippen LogP contribution in [0.3, 0.4) is 0 Å². The molecular weight excluding hydrogens is 377 g/mol. The number of hydrogen-bond donors (Lipinski definition) is 2. The fraction of sp³-hybridized carbons (Fsp3) is 0.263. The van der Waals surface area contributed by atoms with Gasteiger partial charge in [0.15, 0.2) is 0 Å². The van der Waals surface area contributed by atoms with E-state index in [1.54, 1.807) is 48.5 Å². The van der Waals surface area contributed by atoms with Crippen LogP contribution in [0.25, 0.3) is 0 Å². The maximum absolute atomic E-state index is 12.8. The molecule has 0 aromatic heterocycles. The van der Waals surface area contributed by atoms with E-state index < -0.39 is 18.4 Å². The summed E-state index contributed by atoms with van der Waals surface area (Å²) >= 11 is 0. The second-order valence-electron chi connectivity index (χ2n) is 6.17. The van der Waals surface area contributed by atoms with Gasteiger partial charge in [0.25, 0.3) is 5.91 Å². The molecule has 0 aliphatic carbocycles. The molecule has 2 aromatic rings. The van der Waals surface area contributed by atoms with Gasteiger partial charge in [-0.05, 0) is 23.3 Å². The van der Waals surface area contributed by atoms with Crippen LogP contribution in [0.1, 0.15) is 27.9 Å². The van der Waals surface area contributed by atoms with Crippen molar-refractivity contribution in [1.82, 2.24) is 5.32 Å². The summed E-state index contributed by atoms with van der Waals surface area (Å²) in [4.78, 5) is 16.5. The van der Waals surface area contributed by atoms with E-state index in [0.29, 0.717) is 16.9 Å². The van der Waals surface area contributed by atoms with Crippen LogP contribution in [0, 0.1) is 0 Å². The van der Waals surface area contributed by atoms with E-state index in [-0.39, 0.29) is 18.2 Å². The van der Waals surface area contributed by atoms with E-state index in [0.717, 1.165) is 5.56 Å². The highest BCUT2D eigenvalue weighted by Gasteiger charge is 2.60. The number of amides is 1. The molecule has 0 saturated heterocycles. The van der Waals surface area contributed by atoms with Crippen molar-refractivity contribution >= 4 is 11.6 Å². The molecule has 28 heavy (non-hydrogen) atoms. The number of nitrogens with one attached hydrogen (secondary N) is 1. The molecule has 2 N–H and O–H groups in total. The number of carbonyl (C=O) groups is 1. The number of benzene rings is 2. The zero-order chi connectivity index (χ0) is 20.4. The Morgan fingerprint density at radius 3 is 2.54 bits per heavy atom. The summed E-state index contributed by atoms with van der Waals surface area (Å²) in [5.41, 5.74) is 1.51. The molecule has 0 saturated carbocycles. The molecule has 1 aliphatic heterocycles. The van der Waals surface area contributed by atoms with Crippen LogP contribution >= 0.6 is 0 Å². The minimum absolute atomic E-state index is 0.00978. The van der Waals surface area contributed by atoms with Crippen molar-refractivity contribution in [1.29, 1.82) is 0 Å². The Kier molecular flexibility index (Phi) is 5.28. The van der Waals surface area contributed by atoms with Crippen molar-refractivity contribution in [3.8, 4) is 5.75 Å². The molecule has 1 unspecified atom stereocenters. The molecule has 3 rings (SSSR count). The zero-order valence-electron chi connectivity index (χ0n) is 14.8. The number of alkyl halides is 3. The molecule has 6 nitrogen and oxygen atoms in total. The van der Waals surface area contributed by atoms with Crippen LogP contribution in [0.4, 0.5) is 13.2 Å². The Morgan fingerprint density at radius 1 is 1.25 bits per heavy atom. The summed E-state index contributed by atoms with van der Waals surface area (Å²) in [6.07, 6.45) is -5.73. The van der Waals surface area contributed by atoms with E-state index in [1.807, 2.05) is 0 Å². The van der Waals surface area contributed by atoms with Crippen LogP contribution in [-0.2, 0) is 11.4 Å². The number of rotatable bonds is 5. The van der Waals surface area contributed by atoms with Crippen molar-refractivity contribution in [2.24, 2.45) is 5.16 Å². The quantitative estimate of drug-likeness (QED) is 0.817. The molecule has 148 valence electrons. The summed E-state index contributed by atoms with van der Waals surface area (Å²) in [5, 5.41) is 15.6. The fourth-order valence-corrected chi connectivity index (χ4v) is 2.65. The third-order valence-electron chi connectivity index (χ3n) is 4.25. The first-order chi connectivity index (χ1) is 13.2. The summed E-state index contributed by atoms with van der Waals surface area (Å²) in [7, 11) is 1.47. The van der Waals surface area contributed by atoms with Gasteiger partial charge in [-0.15, -0.1) is 0 Å². The standard InChI is InChI=1S/C19H17F3N2O4/c1-27-16-5-3-2-4-14(16)17(25)23-11-12-6-8-13(9-7-12)15-10-18(26,28-24-15)19(20,21)22/h2-9,26H,10-11H2,1H3,(H,23,25). The topological polar surface area (TPSA) is 80.2 Å². The van der Waals surface area contributed by atoms with Crippen molar-refractivity contribution in [2.45, 2.75) is 24.9 Å². The first-order valence-electron chi connectivity index (χ1n) is 8.28. The Morgan fingerprint density at radius 2 is 1.93 bits per heavy atom. The number of para-hydroxylation sites is 1. The van der Waals surface area contributed by atoms with Crippen LogP contribution in [0.15, 0.2) is 53.7 Å². The van der Waals surface area contributed by atoms with Crippen molar-refractivity contribution < 1.29 is 32.6 Å². The fourth-order valence-electron chi connectivity index (χ4n) is 2.65. The average Bonchev–Trinajstić information content (AvgIpc) is 3.10. The predicted molar refractivity (Wildman–Crippen MR) is 93.9 cm³/mol. The van der Waals surface area contributed by atoms with E-state index in [2.05, 4.69) is 15.3 Å². The monoisotopic (exact) mass is 394 g/mol. The SMILES string of the molecule is COc1ccccc1C(=O)NCc1ccc(C2=NOC(O)(C(F)(F)F)C2)cc1. The first-order valence-corrected chi connectivity index (χ1v) is 8.28. The lowest BCUT2D eigenvalue weighted by molar-refractivity contribution is -0.355. The summed E-state index contributed by atoms with van der Waals surface area (Å²) < 4.78 is 43.5. The predicted octanol–water partition coefficient (Wildman–Crippen LogP) is 3.00. The van der Waals surface area contributed by atoms with Gasteiger partial charge in [-0.25, -0.2) is 0 Å². The second kappa shape index (κ2) is 7.51. The van der Waals surface area contributed by atoms with Gasteiger partial charge >= 0.3 is 12.0 Å². The Bertz CT molecular complexity index is 897. The molecule has 2 aromatic carbocycles. The molecule has 0 radical (unpaired) electrons. The summed E-state index contributed by atoms with van der Waals surface area (Å²) in [6.45, 7) is 0.215. The number of methoxy groups -OCH3 is 1. The molecule has 1 amide bonds. The number of carbonyl (C=O) groups excluding carboxylic acids is 1. The number of nitrogens with zero attached hydrogens (tertiary/aromatic N) is 1. The third-order valence-corrected chi connectivity index (χ3v) is 4.25. The van der Waals surface area contributed by atoms with Gasteiger partial charge in [0.05, 0.1) is 24.8 Å². The molecule has 0 fully saturated rings. The molecule has 1 heterocycles. The van der Waals surface area contributed by atoms with Crippen molar-refractivity contribution in [3.63, 3.8) is 0 Å². The van der Waals surface area contributed by atoms with E-state index in [1.165, 1.54) is 7.11 Å². The number of halogens is 3. The summed E-state index contributed by atoms with van der Waals surface area (Å²) in [6, 6.07) is 13.2. The molecule has 1 atom stereocenters. The van der Waals surface area contributed by atoms with Gasteiger partial charge < -0.3 is 20.0 Å². The lowest BCUT2D eigenvalue weighted by atomic mass is 10.0. The number of oxime groups is 1. The molecule has 9 heteroatoms. The highest BCUT2D eigenvalue weighted by atomic mass is 19.4. The zero-order valence-corrected chi connectivity index (χ0v) is 14.8. The van der Waals surface area contributed by atoms with Crippen LogP contribution in [0.5, 0.6) is 5.75 Å². The average molecular weight is 394 g/mol. The van der Waals surface area contributed by atoms with Gasteiger partial charge in [0.2, 0.25) is 0 Å². The van der Waals surface area contributed by atoms with Gasteiger partial charge in [-0.3, -0.25) is 4.79 Å². The Labute approximate surface area is 158 Å². The highest BCUT2D eigenvalue weighted by molar-refractivity contribution is 6.01. The minimum Gasteiger partial charge on any atom is -0.496 e. The number of ether oxygens (including phenoxy) is 1. The minimum atomic E-state index is -4.94. The van der Waals surface area contributed by atoms with Gasteiger partial charge in [0.1, 0.15) is 5.75 Å². The lowest BCUT2D eigenvalue weighted by Crippen LogP contribution is -2.45. The second-order valence-corrected chi connectivity index (χ2v) is 6.17. The molecule has 0 spiro atoms. The number of hydrogen-bond acceptors (Lipinski definition) is 5. The van der Waals surface area contributed by atoms with Gasteiger partial charge in [-0.1, -0.05) is 41.6 Å². The molecular formula is C19H17F3N2O4. The highest BCUT2D eigenvalue weighted by Crippen LogP contribution is 2.38. The van der Waals surface area contributed by atoms with Crippen molar-refractivity contribution in [3.05, 3.63) is 65.2 Å². The third kappa shape index (κ3) is 3.94. The van der Waals surface area contributed by atoms with Crippen LogP contribution < -0.4 is 10.1 Å². The number of aliphatic hydroxyl groups is 1. The van der Waals surface area contributed by atoms with Crippen LogP contribution in [0.2, 0.25) is 0 Å². The van der Waals surface area contributed by atoms with Gasteiger partial charge in [-0.2, -0.15) is 13.2 Å². The maximum Gasteiger partial charge on any atom is 0.458 e. The molecule has 0 bridgehead atoms. The van der Waals surface area contributed by atoms with Gasteiger partial charge in [0, 0.05) is 6.54 Å². The first kappa shape index (κ1) is 19.7. The van der Waals surface area contributed by atoms with E-state index >= 15 is 0 Å².